The molecule has 0 atom stereocenters. The molecular weight excluding hydrogens is 188 g/mol. The van der Waals surface area contributed by atoms with Gasteiger partial charge in [0.05, 0.1) is 0 Å². The van der Waals surface area contributed by atoms with Crippen molar-refractivity contribution in [1.29, 1.82) is 0 Å². The summed E-state index contributed by atoms with van der Waals surface area (Å²) in [5.41, 5.74) is 0.696. The van der Waals surface area contributed by atoms with E-state index in [2.05, 4.69) is 4.98 Å². The van der Waals surface area contributed by atoms with Crippen LogP contribution in [0.4, 0.5) is 0 Å². The molecule has 15 heavy (non-hydrogen) atoms. The lowest BCUT2D eigenvalue weighted by molar-refractivity contribution is -0.683. The predicted molar refractivity (Wildman–Crippen MR) is 55.2 cm³/mol. The third-order valence-corrected chi connectivity index (χ3v) is 2.11. The fourth-order valence-electron chi connectivity index (χ4n) is 1.33. The molecule has 0 aliphatic heterocycles. The van der Waals surface area contributed by atoms with Gasteiger partial charge in [0.25, 0.3) is 0 Å². The fourth-order valence-corrected chi connectivity index (χ4v) is 1.33. The number of ketones is 1. The molecule has 3 heteroatoms. The highest BCUT2D eigenvalue weighted by Gasteiger charge is 2.10. The van der Waals surface area contributed by atoms with Crippen LogP contribution in [0.2, 0.25) is 0 Å². The smallest absolute Gasteiger partial charge is 0.227 e. The molecule has 0 saturated heterocycles. The van der Waals surface area contributed by atoms with Crippen LogP contribution in [0.15, 0.2) is 55.1 Å². The van der Waals surface area contributed by atoms with E-state index in [0.717, 1.165) is 0 Å². The summed E-state index contributed by atoms with van der Waals surface area (Å²) < 4.78 is 1.85. The van der Waals surface area contributed by atoms with Crippen LogP contribution >= 0.6 is 0 Å². The number of aromatic nitrogens is 2. The lowest BCUT2D eigenvalue weighted by Gasteiger charge is -1.96. The molecule has 0 aliphatic rings. The fraction of sp³-hybridized carbons (Fsp3) is 0.0833. The van der Waals surface area contributed by atoms with Gasteiger partial charge in [-0.2, -0.15) is 4.57 Å². The number of hydrogen-bond acceptors (Lipinski definition) is 2. The number of carbonyl (C=O) groups is 1. The van der Waals surface area contributed by atoms with E-state index < -0.39 is 0 Å². The van der Waals surface area contributed by atoms with Crippen molar-refractivity contribution in [3.8, 4) is 0 Å². The maximum absolute atomic E-state index is 11.8. The van der Waals surface area contributed by atoms with Crippen molar-refractivity contribution in [3.05, 3.63) is 60.7 Å². The molecular formula is C12H11N2O+. The first-order valence-corrected chi connectivity index (χ1v) is 4.73. The zero-order valence-electron chi connectivity index (χ0n) is 8.21. The van der Waals surface area contributed by atoms with Crippen LogP contribution in [0.3, 0.4) is 0 Å². The molecule has 74 valence electrons. The molecule has 0 unspecified atom stereocenters. The van der Waals surface area contributed by atoms with E-state index >= 15 is 0 Å². The molecule has 2 rings (SSSR count). The second-order valence-electron chi connectivity index (χ2n) is 3.21. The lowest BCUT2D eigenvalue weighted by Crippen LogP contribution is -2.36. The van der Waals surface area contributed by atoms with Crippen LogP contribution in [-0.2, 0) is 6.54 Å². The Hall–Kier alpha value is -2.03. The van der Waals surface area contributed by atoms with E-state index in [0.29, 0.717) is 12.1 Å². The summed E-state index contributed by atoms with van der Waals surface area (Å²) in [7, 11) is 0. The molecule has 0 fully saturated rings. The Morgan fingerprint density at radius 3 is 2.47 bits per heavy atom. The normalized spacial score (nSPS) is 9.87. The molecule has 0 bridgehead atoms. The molecule has 0 amide bonds. The first-order chi connectivity index (χ1) is 7.36. The number of carbonyl (C=O) groups excluding carboxylic acids is 1. The monoisotopic (exact) mass is 199 g/mol. The number of Topliss-reactive ketones (excluding diaryl/α,β-unsaturated/α-hetero) is 1. The molecule has 2 aromatic heterocycles. The van der Waals surface area contributed by atoms with Gasteiger partial charge in [0.1, 0.15) is 0 Å². The third-order valence-electron chi connectivity index (χ3n) is 2.11. The van der Waals surface area contributed by atoms with E-state index in [9.17, 15) is 4.79 Å². The molecule has 0 aromatic carbocycles. The van der Waals surface area contributed by atoms with Crippen LogP contribution in [0.1, 0.15) is 10.4 Å². The Balaban J connectivity index is 2.12. The summed E-state index contributed by atoms with van der Waals surface area (Å²) in [6.45, 7) is 0.366. The van der Waals surface area contributed by atoms with Gasteiger partial charge in [0.15, 0.2) is 12.4 Å². The van der Waals surface area contributed by atoms with E-state index in [-0.39, 0.29) is 5.78 Å². The van der Waals surface area contributed by atoms with Crippen LogP contribution in [0.5, 0.6) is 0 Å². The van der Waals surface area contributed by atoms with Crippen LogP contribution in [0, 0.1) is 0 Å². The van der Waals surface area contributed by atoms with Gasteiger partial charge in [-0.15, -0.1) is 0 Å². The van der Waals surface area contributed by atoms with Crippen molar-refractivity contribution < 1.29 is 9.36 Å². The summed E-state index contributed by atoms with van der Waals surface area (Å²) in [5.74, 6) is 0.0913. The standard InChI is InChI=1S/C12H11N2O/c15-12(11-4-6-13-7-5-11)10-14-8-2-1-3-9-14/h1-9H,10H2/q+1. The second kappa shape index (κ2) is 4.46. The van der Waals surface area contributed by atoms with E-state index in [4.69, 9.17) is 0 Å². The molecule has 2 heterocycles. The number of rotatable bonds is 3. The van der Waals surface area contributed by atoms with Gasteiger partial charge in [-0.1, -0.05) is 6.07 Å². The number of pyridine rings is 2. The van der Waals surface area contributed by atoms with E-state index in [1.807, 2.05) is 35.2 Å². The summed E-state index contributed by atoms with van der Waals surface area (Å²) in [5, 5.41) is 0. The second-order valence-corrected chi connectivity index (χ2v) is 3.21. The highest BCUT2D eigenvalue weighted by molar-refractivity contribution is 5.94. The SMILES string of the molecule is O=C(C[n+]1ccccc1)c1ccncc1. The molecule has 0 N–H and O–H groups in total. The van der Waals surface area contributed by atoms with Crippen molar-refractivity contribution in [2.24, 2.45) is 0 Å². The minimum absolute atomic E-state index is 0.0913. The van der Waals surface area contributed by atoms with Gasteiger partial charge < -0.3 is 0 Å². The first kappa shape index (κ1) is 9.52. The van der Waals surface area contributed by atoms with Crippen molar-refractivity contribution >= 4 is 5.78 Å². The highest BCUT2D eigenvalue weighted by Crippen LogP contribution is 1.97. The minimum Gasteiger partial charge on any atom is -0.287 e. The van der Waals surface area contributed by atoms with Gasteiger partial charge in [-0.3, -0.25) is 9.78 Å². The zero-order chi connectivity index (χ0) is 10.5. The van der Waals surface area contributed by atoms with E-state index in [1.165, 1.54) is 0 Å². The lowest BCUT2D eigenvalue weighted by atomic mass is 10.2. The van der Waals surface area contributed by atoms with Crippen molar-refractivity contribution in [2.45, 2.75) is 6.54 Å². The van der Waals surface area contributed by atoms with Gasteiger partial charge >= 0.3 is 0 Å². The quantitative estimate of drug-likeness (QED) is 0.550. The Kier molecular flexibility index (Phi) is 2.83. The van der Waals surface area contributed by atoms with Crippen LogP contribution in [0.25, 0.3) is 0 Å². The molecule has 2 aromatic rings. The number of nitrogens with zero attached hydrogens (tertiary/aromatic N) is 2. The Morgan fingerprint density at radius 1 is 1.13 bits per heavy atom. The van der Waals surface area contributed by atoms with Crippen LogP contribution in [-0.4, -0.2) is 10.8 Å². The van der Waals surface area contributed by atoms with Crippen LogP contribution < -0.4 is 4.57 Å². The summed E-state index contributed by atoms with van der Waals surface area (Å²) in [4.78, 5) is 15.6. The zero-order valence-corrected chi connectivity index (χ0v) is 8.21. The van der Waals surface area contributed by atoms with Gasteiger partial charge in [0, 0.05) is 30.1 Å². The third kappa shape index (κ3) is 2.47. The molecule has 0 spiro atoms. The molecule has 3 nitrogen and oxygen atoms in total. The molecule has 0 radical (unpaired) electrons. The number of hydrogen-bond donors (Lipinski definition) is 0. The predicted octanol–water partition coefficient (Wildman–Crippen LogP) is 1.25. The summed E-state index contributed by atoms with van der Waals surface area (Å²) in [6, 6.07) is 9.19. The van der Waals surface area contributed by atoms with Crippen molar-refractivity contribution in [2.75, 3.05) is 0 Å². The van der Waals surface area contributed by atoms with Crippen molar-refractivity contribution in [3.63, 3.8) is 0 Å². The topological polar surface area (TPSA) is 33.8 Å². The van der Waals surface area contributed by atoms with Gasteiger partial charge in [-0.25, -0.2) is 0 Å². The largest absolute Gasteiger partial charge is 0.287 e. The average Bonchev–Trinajstić information content (AvgIpc) is 2.31. The van der Waals surface area contributed by atoms with E-state index in [1.54, 1.807) is 24.5 Å². The first-order valence-electron chi connectivity index (χ1n) is 4.73. The van der Waals surface area contributed by atoms with Gasteiger partial charge in [-0.05, 0) is 12.1 Å². The Labute approximate surface area is 88.0 Å². The Bertz CT molecular complexity index is 440. The highest BCUT2D eigenvalue weighted by atomic mass is 16.1. The molecule has 0 aliphatic carbocycles. The summed E-state index contributed by atoms with van der Waals surface area (Å²) >= 11 is 0. The maximum atomic E-state index is 11.8. The molecule has 0 saturated carbocycles. The Morgan fingerprint density at radius 2 is 1.80 bits per heavy atom. The average molecular weight is 199 g/mol. The maximum Gasteiger partial charge on any atom is 0.227 e. The van der Waals surface area contributed by atoms with Gasteiger partial charge in [0.2, 0.25) is 12.3 Å². The minimum atomic E-state index is 0.0913. The summed E-state index contributed by atoms with van der Waals surface area (Å²) in [6.07, 6.45) is 7.00. The van der Waals surface area contributed by atoms with Crippen molar-refractivity contribution in [1.82, 2.24) is 4.98 Å².